The van der Waals surface area contributed by atoms with E-state index in [1.54, 1.807) is 0 Å². The third kappa shape index (κ3) is 4.00. The predicted octanol–water partition coefficient (Wildman–Crippen LogP) is 4.12. The summed E-state index contributed by atoms with van der Waals surface area (Å²) in [6.07, 6.45) is -1.64. The SMILES string of the molecule is O=C(NCCNc1ncccc1C(F)(F)F)C1(c2ccc(Br)cc2)CC1. The Hall–Kier alpha value is -2.09. The smallest absolute Gasteiger partial charge is 0.368 e. The molecular formula is C18H17BrF3N3O. The van der Waals surface area contributed by atoms with E-state index < -0.39 is 17.2 Å². The van der Waals surface area contributed by atoms with Crippen molar-refractivity contribution < 1.29 is 18.0 Å². The van der Waals surface area contributed by atoms with E-state index in [4.69, 9.17) is 0 Å². The molecule has 1 fully saturated rings. The number of anilines is 1. The second-order valence-corrected chi connectivity index (χ2v) is 7.08. The molecule has 1 aromatic heterocycles. The van der Waals surface area contributed by atoms with Crippen molar-refractivity contribution in [3.05, 3.63) is 58.2 Å². The zero-order chi connectivity index (χ0) is 18.8. The number of nitrogens with zero attached hydrogens (tertiary/aromatic N) is 1. The number of carbonyl (C=O) groups excluding carboxylic acids is 1. The summed E-state index contributed by atoms with van der Waals surface area (Å²) in [6.45, 7) is 0.368. The van der Waals surface area contributed by atoms with Gasteiger partial charge < -0.3 is 10.6 Å². The molecule has 0 saturated heterocycles. The lowest BCUT2D eigenvalue weighted by molar-refractivity contribution is -0.137. The van der Waals surface area contributed by atoms with E-state index >= 15 is 0 Å². The first-order valence-electron chi connectivity index (χ1n) is 8.13. The van der Waals surface area contributed by atoms with Crippen molar-refractivity contribution in [3.63, 3.8) is 0 Å². The molecule has 1 aliphatic rings. The van der Waals surface area contributed by atoms with Crippen molar-refractivity contribution in [3.8, 4) is 0 Å². The number of hydrogen-bond donors (Lipinski definition) is 2. The highest BCUT2D eigenvalue weighted by molar-refractivity contribution is 9.10. The first-order valence-corrected chi connectivity index (χ1v) is 8.93. The van der Waals surface area contributed by atoms with E-state index in [0.717, 1.165) is 28.9 Å². The molecule has 0 atom stereocenters. The molecule has 0 aliphatic heterocycles. The summed E-state index contributed by atoms with van der Waals surface area (Å²) >= 11 is 3.37. The van der Waals surface area contributed by atoms with Crippen LogP contribution in [0, 0.1) is 0 Å². The van der Waals surface area contributed by atoms with Gasteiger partial charge in [0.25, 0.3) is 0 Å². The molecular weight excluding hydrogens is 411 g/mol. The number of alkyl halides is 3. The molecule has 1 heterocycles. The Bertz CT molecular complexity index is 789. The first kappa shape index (κ1) is 18.7. The molecule has 1 saturated carbocycles. The molecule has 0 radical (unpaired) electrons. The van der Waals surface area contributed by atoms with Crippen LogP contribution in [0.4, 0.5) is 19.0 Å². The largest absolute Gasteiger partial charge is 0.419 e. The van der Waals surface area contributed by atoms with Crippen LogP contribution >= 0.6 is 15.9 Å². The summed E-state index contributed by atoms with van der Waals surface area (Å²) in [5, 5.41) is 5.45. The zero-order valence-corrected chi connectivity index (χ0v) is 15.3. The van der Waals surface area contributed by atoms with Crippen LogP contribution in [0.15, 0.2) is 47.1 Å². The van der Waals surface area contributed by atoms with Gasteiger partial charge in [0, 0.05) is 23.8 Å². The number of halogens is 4. The number of nitrogens with one attached hydrogen (secondary N) is 2. The topological polar surface area (TPSA) is 54.0 Å². The monoisotopic (exact) mass is 427 g/mol. The van der Waals surface area contributed by atoms with Crippen LogP contribution in [0.1, 0.15) is 24.0 Å². The van der Waals surface area contributed by atoms with Gasteiger partial charge in [0.2, 0.25) is 5.91 Å². The predicted molar refractivity (Wildman–Crippen MR) is 95.8 cm³/mol. The van der Waals surface area contributed by atoms with E-state index in [1.165, 1.54) is 12.3 Å². The number of pyridine rings is 1. The van der Waals surface area contributed by atoms with E-state index in [0.29, 0.717) is 0 Å². The summed E-state index contributed by atoms with van der Waals surface area (Å²) in [5.41, 5.74) is -0.377. The Labute approximate surface area is 157 Å². The van der Waals surface area contributed by atoms with Gasteiger partial charge >= 0.3 is 6.18 Å². The lowest BCUT2D eigenvalue weighted by Gasteiger charge is -2.17. The lowest BCUT2D eigenvalue weighted by Crippen LogP contribution is -2.37. The maximum absolute atomic E-state index is 12.9. The van der Waals surface area contributed by atoms with E-state index in [-0.39, 0.29) is 24.8 Å². The first-order chi connectivity index (χ1) is 12.3. The van der Waals surface area contributed by atoms with Gasteiger partial charge in [-0.15, -0.1) is 0 Å². The fourth-order valence-corrected chi connectivity index (χ4v) is 3.11. The van der Waals surface area contributed by atoms with Crippen LogP contribution in [0.5, 0.6) is 0 Å². The average molecular weight is 428 g/mol. The van der Waals surface area contributed by atoms with Crippen molar-refractivity contribution in [2.24, 2.45) is 0 Å². The lowest BCUT2D eigenvalue weighted by atomic mass is 9.95. The minimum Gasteiger partial charge on any atom is -0.368 e. The summed E-state index contributed by atoms with van der Waals surface area (Å²) in [7, 11) is 0. The maximum atomic E-state index is 12.9. The standard InChI is InChI=1S/C18H17BrF3N3O/c19-13-5-3-12(4-6-13)17(7-8-17)16(26)25-11-10-24-15-14(18(20,21)22)2-1-9-23-15/h1-6,9H,7-8,10-11H2,(H,23,24)(H,25,26). The Balaban J connectivity index is 1.55. The summed E-state index contributed by atoms with van der Waals surface area (Å²) in [4.78, 5) is 16.2. The van der Waals surface area contributed by atoms with Crippen molar-refractivity contribution in [1.82, 2.24) is 10.3 Å². The number of rotatable bonds is 6. The van der Waals surface area contributed by atoms with Crippen molar-refractivity contribution in [2.75, 3.05) is 18.4 Å². The third-order valence-electron chi connectivity index (χ3n) is 4.40. The molecule has 4 nitrogen and oxygen atoms in total. The number of hydrogen-bond acceptors (Lipinski definition) is 3. The molecule has 0 bridgehead atoms. The Morgan fingerprint density at radius 3 is 2.46 bits per heavy atom. The minimum atomic E-state index is -4.47. The van der Waals surface area contributed by atoms with E-state index in [1.807, 2.05) is 24.3 Å². The number of amides is 1. The number of carbonyl (C=O) groups is 1. The van der Waals surface area contributed by atoms with E-state index in [9.17, 15) is 18.0 Å². The molecule has 8 heteroatoms. The Morgan fingerprint density at radius 1 is 1.15 bits per heavy atom. The third-order valence-corrected chi connectivity index (χ3v) is 4.93. The van der Waals surface area contributed by atoms with Crippen LogP contribution < -0.4 is 10.6 Å². The van der Waals surface area contributed by atoms with Gasteiger partial charge in [-0.05, 0) is 42.7 Å². The van der Waals surface area contributed by atoms with Crippen LogP contribution in [0.25, 0.3) is 0 Å². The molecule has 3 rings (SSSR count). The van der Waals surface area contributed by atoms with Gasteiger partial charge in [0.05, 0.1) is 11.0 Å². The summed E-state index contributed by atoms with van der Waals surface area (Å²) in [6, 6.07) is 9.83. The second kappa shape index (κ2) is 7.26. The van der Waals surface area contributed by atoms with Crippen LogP contribution in [-0.2, 0) is 16.4 Å². The average Bonchev–Trinajstić information content (AvgIpc) is 3.40. The van der Waals surface area contributed by atoms with E-state index in [2.05, 4.69) is 31.5 Å². The normalized spacial score (nSPS) is 15.4. The fraction of sp³-hybridized carbons (Fsp3) is 0.333. The Kier molecular flexibility index (Phi) is 5.22. The zero-order valence-electron chi connectivity index (χ0n) is 13.7. The van der Waals surface area contributed by atoms with Crippen LogP contribution in [0.2, 0.25) is 0 Å². The summed E-state index contributed by atoms with van der Waals surface area (Å²) < 4.78 is 39.7. The van der Waals surface area contributed by atoms with Crippen LogP contribution in [0.3, 0.4) is 0 Å². The molecule has 2 N–H and O–H groups in total. The van der Waals surface area contributed by atoms with Crippen LogP contribution in [-0.4, -0.2) is 24.0 Å². The van der Waals surface area contributed by atoms with Crippen molar-refractivity contribution >= 4 is 27.7 Å². The molecule has 1 aliphatic carbocycles. The Morgan fingerprint density at radius 2 is 1.85 bits per heavy atom. The molecule has 26 heavy (non-hydrogen) atoms. The fourth-order valence-electron chi connectivity index (χ4n) is 2.84. The summed E-state index contributed by atoms with van der Waals surface area (Å²) in [5.74, 6) is -0.331. The van der Waals surface area contributed by atoms with Gasteiger partial charge in [-0.3, -0.25) is 4.79 Å². The second-order valence-electron chi connectivity index (χ2n) is 6.17. The quantitative estimate of drug-likeness (QED) is 0.681. The molecule has 0 unspecified atom stereocenters. The van der Waals surface area contributed by atoms with Gasteiger partial charge in [-0.1, -0.05) is 28.1 Å². The number of benzene rings is 1. The van der Waals surface area contributed by atoms with Crippen molar-refractivity contribution in [1.29, 1.82) is 0 Å². The molecule has 0 spiro atoms. The molecule has 1 aromatic carbocycles. The molecule has 1 amide bonds. The van der Waals surface area contributed by atoms with Crippen molar-refractivity contribution in [2.45, 2.75) is 24.4 Å². The van der Waals surface area contributed by atoms with Gasteiger partial charge in [-0.2, -0.15) is 13.2 Å². The number of aromatic nitrogens is 1. The molecule has 138 valence electrons. The maximum Gasteiger partial charge on any atom is 0.419 e. The van der Waals surface area contributed by atoms with Gasteiger partial charge in [-0.25, -0.2) is 4.98 Å². The molecule has 2 aromatic rings. The highest BCUT2D eigenvalue weighted by atomic mass is 79.9. The minimum absolute atomic E-state index is 0.0984. The highest BCUT2D eigenvalue weighted by Gasteiger charge is 2.50. The highest BCUT2D eigenvalue weighted by Crippen LogP contribution is 2.48. The van der Waals surface area contributed by atoms with Gasteiger partial charge in [0.1, 0.15) is 5.82 Å². The van der Waals surface area contributed by atoms with Gasteiger partial charge in [0.15, 0.2) is 0 Å².